The van der Waals surface area contributed by atoms with E-state index in [1.54, 1.807) is 0 Å². The molecule has 2 aliphatic carbocycles. The van der Waals surface area contributed by atoms with Crippen LogP contribution >= 0.6 is 0 Å². The fourth-order valence-electron chi connectivity index (χ4n) is 5.22. The van der Waals surface area contributed by atoms with Crippen LogP contribution in [0.1, 0.15) is 95.1 Å². The summed E-state index contributed by atoms with van der Waals surface area (Å²) in [4.78, 5) is 11.4. The predicted molar refractivity (Wildman–Crippen MR) is 107 cm³/mol. The van der Waals surface area contributed by atoms with E-state index in [1.165, 1.54) is 56.1 Å². The second-order valence-electron chi connectivity index (χ2n) is 9.16. The molecule has 2 heteroatoms. The van der Waals surface area contributed by atoms with Crippen LogP contribution < -0.4 is 0 Å². The quantitative estimate of drug-likeness (QED) is 0.624. The highest BCUT2D eigenvalue weighted by Crippen LogP contribution is 2.47. The molecule has 1 N–H and O–H groups in total. The zero-order chi connectivity index (χ0) is 18.6. The number of carboxylic acid groups (broad SMARTS) is 1. The number of rotatable bonds is 6. The molecule has 2 nitrogen and oxygen atoms in total. The van der Waals surface area contributed by atoms with Gasteiger partial charge in [-0.1, -0.05) is 37.6 Å². The van der Waals surface area contributed by atoms with Crippen molar-refractivity contribution in [2.45, 2.75) is 90.4 Å². The standard InChI is InChI=1S/C24H36O2/c1-3-4-5-18-6-8-19(9-7-18)20-10-12-21(13-11-20)22-14-16-24(2,17-15-22)23(25)26/h6-9,20-22H,3-5,10-17H2,1-2H3,(H,25,26). The zero-order valence-electron chi connectivity index (χ0n) is 16.7. The van der Waals surface area contributed by atoms with E-state index in [0.717, 1.165) is 43.4 Å². The van der Waals surface area contributed by atoms with E-state index in [2.05, 4.69) is 31.2 Å². The molecular weight excluding hydrogens is 320 g/mol. The lowest BCUT2D eigenvalue weighted by atomic mass is 9.64. The normalized spacial score (nSPS) is 32.3. The number of unbranched alkanes of at least 4 members (excludes halogenated alkanes) is 1. The highest BCUT2D eigenvalue weighted by molar-refractivity contribution is 5.74. The summed E-state index contributed by atoms with van der Waals surface area (Å²) in [6.07, 6.45) is 13.0. The van der Waals surface area contributed by atoms with Gasteiger partial charge in [-0.25, -0.2) is 0 Å². The largest absolute Gasteiger partial charge is 0.481 e. The lowest BCUT2D eigenvalue weighted by molar-refractivity contribution is -0.150. The van der Waals surface area contributed by atoms with Gasteiger partial charge < -0.3 is 5.11 Å². The molecule has 2 saturated carbocycles. The Balaban J connectivity index is 1.48. The predicted octanol–water partition coefficient (Wildman–Crippen LogP) is 6.58. The fraction of sp³-hybridized carbons (Fsp3) is 0.708. The van der Waals surface area contributed by atoms with Crippen molar-refractivity contribution in [3.8, 4) is 0 Å². The fourth-order valence-corrected chi connectivity index (χ4v) is 5.22. The van der Waals surface area contributed by atoms with Crippen LogP contribution in [0, 0.1) is 17.3 Å². The Kier molecular flexibility index (Phi) is 6.42. The first-order valence-corrected chi connectivity index (χ1v) is 10.8. The lowest BCUT2D eigenvalue weighted by Crippen LogP contribution is -2.35. The Morgan fingerprint density at radius 2 is 1.58 bits per heavy atom. The van der Waals surface area contributed by atoms with Gasteiger partial charge in [0.1, 0.15) is 0 Å². The molecule has 0 aliphatic heterocycles. The van der Waals surface area contributed by atoms with Gasteiger partial charge in [-0.2, -0.15) is 0 Å². The van der Waals surface area contributed by atoms with E-state index in [-0.39, 0.29) is 0 Å². The van der Waals surface area contributed by atoms with Crippen LogP contribution in [0.2, 0.25) is 0 Å². The summed E-state index contributed by atoms with van der Waals surface area (Å²) >= 11 is 0. The number of benzene rings is 1. The summed E-state index contributed by atoms with van der Waals surface area (Å²) in [5, 5.41) is 9.42. The van der Waals surface area contributed by atoms with E-state index in [4.69, 9.17) is 0 Å². The summed E-state index contributed by atoms with van der Waals surface area (Å²) in [6.45, 7) is 4.19. The number of aliphatic carboxylic acids is 1. The van der Waals surface area contributed by atoms with Gasteiger partial charge >= 0.3 is 5.97 Å². The molecular formula is C24H36O2. The van der Waals surface area contributed by atoms with E-state index >= 15 is 0 Å². The molecule has 26 heavy (non-hydrogen) atoms. The Labute approximate surface area is 159 Å². The SMILES string of the molecule is CCCCc1ccc(C2CCC(C3CCC(C)(C(=O)O)CC3)CC2)cc1. The molecule has 0 amide bonds. The molecule has 1 aromatic carbocycles. The van der Waals surface area contributed by atoms with E-state index < -0.39 is 11.4 Å². The van der Waals surface area contributed by atoms with Crippen molar-refractivity contribution in [1.82, 2.24) is 0 Å². The maximum atomic E-state index is 11.4. The molecule has 2 aliphatic rings. The average Bonchev–Trinajstić information content (AvgIpc) is 2.67. The second-order valence-corrected chi connectivity index (χ2v) is 9.16. The van der Waals surface area contributed by atoms with Gasteiger partial charge in [0, 0.05) is 0 Å². The average molecular weight is 357 g/mol. The van der Waals surface area contributed by atoms with E-state index in [1.807, 2.05) is 6.92 Å². The van der Waals surface area contributed by atoms with Gasteiger partial charge in [0.2, 0.25) is 0 Å². The van der Waals surface area contributed by atoms with Crippen molar-refractivity contribution in [2.75, 3.05) is 0 Å². The maximum Gasteiger partial charge on any atom is 0.309 e. The van der Waals surface area contributed by atoms with E-state index in [0.29, 0.717) is 0 Å². The summed E-state index contributed by atoms with van der Waals surface area (Å²) in [5.74, 6) is 1.73. The molecule has 0 radical (unpaired) electrons. The monoisotopic (exact) mass is 356 g/mol. The maximum absolute atomic E-state index is 11.4. The third-order valence-electron chi connectivity index (χ3n) is 7.36. The number of hydrogen-bond donors (Lipinski definition) is 1. The first-order chi connectivity index (χ1) is 12.5. The van der Waals surface area contributed by atoms with Crippen LogP contribution in [0.5, 0.6) is 0 Å². The first-order valence-electron chi connectivity index (χ1n) is 10.8. The van der Waals surface area contributed by atoms with Gasteiger partial charge in [-0.05, 0) is 100 Å². The minimum Gasteiger partial charge on any atom is -0.481 e. The minimum absolute atomic E-state index is 0.465. The molecule has 0 unspecified atom stereocenters. The van der Waals surface area contributed by atoms with Gasteiger partial charge in [-0.15, -0.1) is 0 Å². The minimum atomic E-state index is -0.595. The van der Waals surface area contributed by atoms with Crippen LogP contribution in [-0.2, 0) is 11.2 Å². The molecule has 0 aromatic heterocycles. The summed E-state index contributed by atoms with van der Waals surface area (Å²) in [6, 6.07) is 9.42. The molecule has 0 atom stereocenters. The number of carbonyl (C=O) groups is 1. The van der Waals surface area contributed by atoms with Crippen LogP contribution in [-0.4, -0.2) is 11.1 Å². The first kappa shape index (κ1) is 19.5. The van der Waals surface area contributed by atoms with Crippen molar-refractivity contribution in [1.29, 1.82) is 0 Å². The van der Waals surface area contributed by atoms with Crippen molar-refractivity contribution in [3.63, 3.8) is 0 Å². The van der Waals surface area contributed by atoms with Crippen molar-refractivity contribution >= 4 is 5.97 Å². The second kappa shape index (κ2) is 8.59. The van der Waals surface area contributed by atoms with Crippen molar-refractivity contribution in [3.05, 3.63) is 35.4 Å². The Bertz CT molecular complexity index is 573. The van der Waals surface area contributed by atoms with Gasteiger partial charge in [0.15, 0.2) is 0 Å². The lowest BCUT2D eigenvalue weighted by Gasteiger charge is -2.40. The van der Waals surface area contributed by atoms with Gasteiger partial charge in [-0.3, -0.25) is 4.79 Å². The van der Waals surface area contributed by atoms with Crippen molar-refractivity contribution in [2.24, 2.45) is 17.3 Å². The number of aryl methyl sites for hydroxylation is 1. The molecule has 3 rings (SSSR count). The number of hydrogen-bond acceptors (Lipinski definition) is 1. The molecule has 2 fully saturated rings. The van der Waals surface area contributed by atoms with Crippen LogP contribution in [0.25, 0.3) is 0 Å². The van der Waals surface area contributed by atoms with Crippen LogP contribution in [0.15, 0.2) is 24.3 Å². The smallest absolute Gasteiger partial charge is 0.309 e. The zero-order valence-corrected chi connectivity index (χ0v) is 16.7. The van der Waals surface area contributed by atoms with E-state index in [9.17, 15) is 9.90 Å². The Hall–Kier alpha value is -1.31. The summed E-state index contributed by atoms with van der Waals surface area (Å²) < 4.78 is 0. The van der Waals surface area contributed by atoms with Crippen LogP contribution in [0.4, 0.5) is 0 Å². The third kappa shape index (κ3) is 4.50. The highest BCUT2D eigenvalue weighted by Gasteiger charge is 2.40. The Morgan fingerprint density at radius 3 is 2.12 bits per heavy atom. The molecule has 0 heterocycles. The van der Waals surface area contributed by atoms with Gasteiger partial charge in [0.05, 0.1) is 5.41 Å². The topological polar surface area (TPSA) is 37.3 Å². The molecule has 0 saturated heterocycles. The summed E-state index contributed by atoms with van der Waals surface area (Å²) in [5.41, 5.74) is 2.55. The third-order valence-corrected chi connectivity index (χ3v) is 7.36. The summed E-state index contributed by atoms with van der Waals surface area (Å²) in [7, 11) is 0. The number of carboxylic acids is 1. The molecule has 0 bridgehead atoms. The molecule has 144 valence electrons. The van der Waals surface area contributed by atoms with Crippen LogP contribution in [0.3, 0.4) is 0 Å². The molecule has 1 aromatic rings. The highest BCUT2D eigenvalue weighted by atomic mass is 16.4. The van der Waals surface area contributed by atoms with Gasteiger partial charge in [0.25, 0.3) is 0 Å². The van der Waals surface area contributed by atoms with Crippen molar-refractivity contribution < 1.29 is 9.90 Å². The Morgan fingerprint density at radius 1 is 1.00 bits per heavy atom. The molecule has 0 spiro atoms.